The van der Waals surface area contributed by atoms with E-state index in [-0.39, 0.29) is 11.8 Å². The van der Waals surface area contributed by atoms with Gasteiger partial charge in [0.15, 0.2) is 0 Å². The van der Waals surface area contributed by atoms with Crippen molar-refractivity contribution in [3.63, 3.8) is 0 Å². The van der Waals surface area contributed by atoms with E-state index in [1.54, 1.807) is 31.3 Å². The minimum absolute atomic E-state index is 0.157. The van der Waals surface area contributed by atoms with E-state index in [0.29, 0.717) is 17.7 Å². The molecule has 5 nitrogen and oxygen atoms in total. The fraction of sp³-hybridized carbons (Fsp3) is 0.385. The Balaban J connectivity index is 2.63. The molecule has 18 heavy (non-hydrogen) atoms. The van der Waals surface area contributed by atoms with Gasteiger partial charge in [0.1, 0.15) is 0 Å². The summed E-state index contributed by atoms with van der Waals surface area (Å²) in [5.41, 5.74) is 6.89. The highest BCUT2D eigenvalue weighted by molar-refractivity contribution is 5.96. The molecule has 98 valence electrons. The van der Waals surface area contributed by atoms with Gasteiger partial charge < -0.3 is 16.4 Å². The van der Waals surface area contributed by atoms with Crippen molar-refractivity contribution in [3.8, 4) is 0 Å². The molecule has 0 radical (unpaired) electrons. The molecule has 1 aromatic rings. The largest absolute Gasteiger partial charge is 0.355 e. The molecule has 0 aliphatic carbocycles. The maximum atomic E-state index is 11.7. The predicted molar refractivity (Wildman–Crippen MR) is 71.3 cm³/mol. The topological polar surface area (TPSA) is 84.2 Å². The van der Waals surface area contributed by atoms with Crippen LogP contribution in [0.5, 0.6) is 0 Å². The normalized spacial score (nSPS) is 11.7. The lowest BCUT2D eigenvalue weighted by Crippen LogP contribution is -2.35. The molecule has 0 heterocycles. The molecule has 0 unspecified atom stereocenters. The monoisotopic (exact) mass is 249 g/mol. The van der Waals surface area contributed by atoms with Gasteiger partial charge in [0.05, 0.1) is 6.04 Å². The lowest BCUT2D eigenvalue weighted by molar-refractivity contribution is -0.117. The number of benzene rings is 1. The summed E-state index contributed by atoms with van der Waals surface area (Å²) < 4.78 is 0. The number of amides is 2. The van der Waals surface area contributed by atoms with Crippen molar-refractivity contribution in [2.45, 2.75) is 25.8 Å². The number of hydrogen-bond acceptors (Lipinski definition) is 3. The third-order valence-corrected chi connectivity index (χ3v) is 2.58. The SMILES string of the molecule is CCC[C@@H](N)C(=O)Nc1ccc(C(=O)NC)cc1. The van der Waals surface area contributed by atoms with Crippen LogP contribution in [-0.2, 0) is 4.79 Å². The number of nitrogens with two attached hydrogens (primary N) is 1. The highest BCUT2D eigenvalue weighted by atomic mass is 16.2. The quantitative estimate of drug-likeness (QED) is 0.731. The molecule has 1 aromatic carbocycles. The molecular formula is C13H19N3O2. The minimum Gasteiger partial charge on any atom is -0.355 e. The maximum Gasteiger partial charge on any atom is 0.251 e. The van der Waals surface area contributed by atoms with Crippen LogP contribution in [0.3, 0.4) is 0 Å². The van der Waals surface area contributed by atoms with E-state index in [1.807, 2.05) is 6.92 Å². The summed E-state index contributed by atoms with van der Waals surface area (Å²) >= 11 is 0. The molecule has 0 spiro atoms. The first-order chi connectivity index (χ1) is 8.58. The smallest absolute Gasteiger partial charge is 0.251 e. The average Bonchev–Trinajstić information content (AvgIpc) is 2.39. The zero-order valence-corrected chi connectivity index (χ0v) is 10.7. The number of nitrogens with one attached hydrogen (secondary N) is 2. The highest BCUT2D eigenvalue weighted by Crippen LogP contribution is 2.10. The second kappa shape index (κ2) is 6.76. The summed E-state index contributed by atoms with van der Waals surface area (Å²) in [5.74, 6) is -0.361. The Morgan fingerprint density at radius 1 is 1.28 bits per heavy atom. The van der Waals surface area contributed by atoms with Gasteiger partial charge in [-0.1, -0.05) is 13.3 Å². The molecule has 2 amide bonds. The van der Waals surface area contributed by atoms with Crippen LogP contribution in [-0.4, -0.2) is 24.9 Å². The summed E-state index contributed by atoms with van der Waals surface area (Å²) in [6, 6.07) is 6.18. The molecule has 0 aliphatic rings. The maximum absolute atomic E-state index is 11.7. The van der Waals surface area contributed by atoms with Crippen molar-refractivity contribution in [1.29, 1.82) is 0 Å². The second-order valence-corrected chi connectivity index (χ2v) is 4.04. The number of carbonyl (C=O) groups is 2. The number of hydrogen-bond donors (Lipinski definition) is 3. The molecule has 0 aliphatic heterocycles. The molecule has 0 saturated carbocycles. The Labute approximate surface area is 107 Å². The number of anilines is 1. The summed E-state index contributed by atoms with van der Waals surface area (Å²) in [7, 11) is 1.57. The van der Waals surface area contributed by atoms with Crippen LogP contribution in [0.1, 0.15) is 30.1 Å². The van der Waals surface area contributed by atoms with Gasteiger partial charge in [0.25, 0.3) is 5.91 Å². The van der Waals surface area contributed by atoms with Gasteiger partial charge in [-0.3, -0.25) is 9.59 Å². The number of rotatable bonds is 5. The van der Waals surface area contributed by atoms with Gasteiger partial charge in [0, 0.05) is 18.3 Å². The van der Waals surface area contributed by atoms with Gasteiger partial charge in [-0.05, 0) is 30.7 Å². The van der Waals surface area contributed by atoms with E-state index in [2.05, 4.69) is 10.6 Å². The first-order valence-corrected chi connectivity index (χ1v) is 5.97. The Kier molecular flexibility index (Phi) is 5.32. The van der Waals surface area contributed by atoms with Gasteiger partial charge >= 0.3 is 0 Å². The van der Waals surface area contributed by atoms with Crippen LogP contribution in [0, 0.1) is 0 Å². The van der Waals surface area contributed by atoms with E-state index >= 15 is 0 Å². The fourth-order valence-electron chi connectivity index (χ4n) is 1.53. The Morgan fingerprint density at radius 2 is 1.89 bits per heavy atom. The van der Waals surface area contributed by atoms with E-state index < -0.39 is 6.04 Å². The third-order valence-electron chi connectivity index (χ3n) is 2.58. The molecule has 4 N–H and O–H groups in total. The average molecular weight is 249 g/mol. The van der Waals surface area contributed by atoms with Crippen molar-refractivity contribution in [2.24, 2.45) is 5.73 Å². The summed E-state index contributed by atoms with van der Waals surface area (Å²) in [5, 5.41) is 5.25. The Bertz CT molecular complexity index is 415. The molecule has 0 saturated heterocycles. The van der Waals surface area contributed by atoms with E-state index in [0.717, 1.165) is 6.42 Å². The van der Waals surface area contributed by atoms with Crippen molar-refractivity contribution in [3.05, 3.63) is 29.8 Å². The molecule has 1 atom stereocenters. The molecule has 1 rings (SSSR count). The van der Waals surface area contributed by atoms with Gasteiger partial charge in [0.2, 0.25) is 5.91 Å². The molecule has 5 heteroatoms. The summed E-state index contributed by atoms with van der Waals surface area (Å²) in [6.45, 7) is 1.98. The summed E-state index contributed by atoms with van der Waals surface area (Å²) in [6.07, 6.45) is 1.52. The van der Waals surface area contributed by atoms with Gasteiger partial charge in [-0.25, -0.2) is 0 Å². The van der Waals surface area contributed by atoms with E-state index in [4.69, 9.17) is 5.73 Å². The predicted octanol–water partition coefficient (Wildman–Crippen LogP) is 1.11. The van der Waals surface area contributed by atoms with E-state index in [9.17, 15) is 9.59 Å². The van der Waals surface area contributed by atoms with Crippen molar-refractivity contribution >= 4 is 17.5 Å². The molecule has 0 bridgehead atoms. The first-order valence-electron chi connectivity index (χ1n) is 5.97. The lowest BCUT2D eigenvalue weighted by atomic mass is 10.1. The van der Waals surface area contributed by atoms with Gasteiger partial charge in [-0.2, -0.15) is 0 Å². The lowest BCUT2D eigenvalue weighted by Gasteiger charge is -2.11. The van der Waals surface area contributed by atoms with Crippen LogP contribution in [0.4, 0.5) is 5.69 Å². The van der Waals surface area contributed by atoms with Crippen LogP contribution in [0.25, 0.3) is 0 Å². The van der Waals surface area contributed by atoms with Crippen molar-refractivity contribution in [2.75, 3.05) is 12.4 Å². The minimum atomic E-state index is -0.492. The van der Waals surface area contributed by atoms with Crippen LogP contribution in [0.15, 0.2) is 24.3 Å². The first kappa shape index (κ1) is 14.2. The second-order valence-electron chi connectivity index (χ2n) is 4.04. The van der Waals surface area contributed by atoms with Crippen LogP contribution < -0.4 is 16.4 Å². The molecule has 0 fully saturated rings. The summed E-state index contributed by atoms with van der Waals surface area (Å²) in [4.78, 5) is 23.0. The standard InChI is InChI=1S/C13H19N3O2/c1-3-4-11(14)13(18)16-10-7-5-9(6-8-10)12(17)15-2/h5-8,11H,3-4,14H2,1-2H3,(H,15,17)(H,16,18)/t11-/m1/s1. The van der Waals surface area contributed by atoms with Crippen LogP contribution >= 0.6 is 0 Å². The van der Waals surface area contributed by atoms with Crippen LogP contribution in [0.2, 0.25) is 0 Å². The molecular weight excluding hydrogens is 230 g/mol. The Hall–Kier alpha value is -1.88. The third kappa shape index (κ3) is 3.85. The highest BCUT2D eigenvalue weighted by Gasteiger charge is 2.12. The van der Waals surface area contributed by atoms with Crippen molar-refractivity contribution in [1.82, 2.24) is 5.32 Å². The van der Waals surface area contributed by atoms with Crippen molar-refractivity contribution < 1.29 is 9.59 Å². The zero-order valence-electron chi connectivity index (χ0n) is 10.7. The van der Waals surface area contributed by atoms with Gasteiger partial charge in [-0.15, -0.1) is 0 Å². The fourth-order valence-corrected chi connectivity index (χ4v) is 1.53. The zero-order chi connectivity index (χ0) is 13.5. The number of carbonyl (C=O) groups excluding carboxylic acids is 2. The molecule has 0 aromatic heterocycles. The Morgan fingerprint density at radius 3 is 2.39 bits per heavy atom. The van der Waals surface area contributed by atoms with E-state index in [1.165, 1.54) is 0 Å².